The lowest BCUT2D eigenvalue weighted by atomic mass is 9.85. The van der Waals surface area contributed by atoms with Crippen molar-refractivity contribution in [3.05, 3.63) is 41.0 Å². The second-order valence-corrected chi connectivity index (χ2v) is 11.7. The molecule has 0 aliphatic carbocycles. The maximum atomic E-state index is 13.6. The largest absolute Gasteiger partial charge is 0.481 e. The molecule has 0 radical (unpaired) electrons. The van der Waals surface area contributed by atoms with Gasteiger partial charge in [0.15, 0.2) is 0 Å². The van der Waals surface area contributed by atoms with Crippen molar-refractivity contribution < 1.29 is 24.3 Å². The molecule has 0 bridgehead atoms. The first-order chi connectivity index (χ1) is 18.0. The first-order valence-electron chi connectivity index (χ1n) is 13.1. The fourth-order valence-corrected chi connectivity index (χ4v) is 5.38. The predicted octanol–water partition coefficient (Wildman–Crippen LogP) is 3.90. The standard InChI is InChI=1S/C28H38N4O5S/c1-18-24(38-17-30-18)20-13-11-19(12-14-20)16-29-26(36)21-8-7-15-32(21)27(37)25(28(2,3)4)31-22(33)9-5-6-10-23(34)35/h11-14,17,21,25H,5-10,15-16H2,1-4H3,(H,29,36)(H,31,33)(H,34,35)/t21-,25+/m0/s1. The van der Waals surface area contributed by atoms with E-state index >= 15 is 0 Å². The van der Waals surface area contributed by atoms with Crippen LogP contribution in [0.2, 0.25) is 0 Å². The summed E-state index contributed by atoms with van der Waals surface area (Å²) in [5.41, 5.74) is 4.30. The average molecular weight is 543 g/mol. The highest BCUT2D eigenvalue weighted by Gasteiger charge is 2.41. The van der Waals surface area contributed by atoms with Gasteiger partial charge in [0.05, 0.1) is 16.1 Å². The summed E-state index contributed by atoms with van der Waals surface area (Å²) < 4.78 is 0. The molecule has 0 saturated carbocycles. The molecule has 1 aliphatic heterocycles. The van der Waals surface area contributed by atoms with Crippen LogP contribution < -0.4 is 10.6 Å². The van der Waals surface area contributed by atoms with Crippen molar-refractivity contribution in [1.82, 2.24) is 20.5 Å². The quantitative estimate of drug-likeness (QED) is 0.370. The lowest BCUT2D eigenvalue weighted by molar-refractivity contribution is -0.144. The van der Waals surface area contributed by atoms with Gasteiger partial charge >= 0.3 is 5.97 Å². The van der Waals surface area contributed by atoms with Crippen LogP contribution in [0.4, 0.5) is 0 Å². The number of unbranched alkanes of at least 4 members (excludes halogenated alkanes) is 1. The number of rotatable bonds is 11. The van der Waals surface area contributed by atoms with E-state index in [-0.39, 0.29) is 30.6 Å². The van der Waals surface area contributed by atoms with Crippen molar-refractivity contribution in [3.8, 4) is 10.4 Å². The van der Waals surface area contributed by atoms with Crippen LogP contribution in [0.25, 0.3) is 10.4 Å². The number of likely N-dealkylation sites (tertiary alicyclic amines) is 1. The minimum atomic E-state index is -0.894. The topological polar surface area (TPSA) is 129 Å². The minimum Gasteiger partial charge on any atom is -0.481 e. The molecule has 2 heterocycles. The summed E-state index contributed by atoms with van der Waals surface area (Å²) in [4.78, 5) is 56.9. The van der Waals surface area contributed by atoms with Gasteiger partial charge in [-0.25, -0.2) is 4.98 Å². The van der Waals surface area contributed by atoms with Crippen molar-refractivity contribution in [2.45, 2.75) is 84.8 Å². The third-order valence-corrected chi connectivity index (χ3v) is 7.71. The number of hydrogen-bond acceptors (Lipinski definition) is 6. The maximum Gasteiger partial charge on any atom is 0.303 e. The van der Waals surface area contributed by atoms with E-state index in [0.29, 0.717) is 38.8 Å². The highest BCUT2D eigenvalue weighted by atomic mass is 32.1. The van der Waals surface area contributed by atoms with E-state index in [4.69, 9.17) is 5.11 Å². The van der Waals surface area contributed by atoms with E-state index in [1.807, 2.05) is 57.5 Å². The van der Waals surface area contributed by atoms with Crippen LogP contribution >= 0.6 is 11.3 Å². The van der Waals surface area contributed by atoms with Gasteiger partial charge in [-0.3, -0.25) is 19.2 Å². The highest BCUT2D eigenvalue weighted by molar-refractivity contribution is 7.13. The smallest absolute Gasteiger partial charge is 0.303 e. The van der Waals surface area contributed by atoms with Crippen LogP contribution in [0.5, 0.6) is 0 Å². The minimum absolute atomic E-state index is 0.00933. The Bertz CT molecular complexity index is 1140. The summed E-state index contributed by atoms with van der Waals surface area (Å²) in [7, 11) is 0. The first-order valence-corrected chi connectivity index (χ1v) is 13.9. The molecule has 206 valence electrons. The van der Waals surface area contributed by atoms with E-state index < -0.39 is 23.5 Å². The number of amides is 3. The van der Waals surface area contributed by atoms with Gasteiger partial charge in [0.25, 0.3) is 0 Å². The van der Waals surface area contributed by atoms with Crippen LogP contribution in [0.3, 0.4) is 0 Å². The molecular formula is C28H38N4O5S. The van der Waals surface area contributed by atoms with Gasteiger partial charge in [-0.15, -0.1) is 11.3 Å². The van der Waals surface area contributed by atoms with Gasteiger partial charge in [-0.05, 0) is 49.1 Å². The van der Waals surface area contributed by atoms with Gasteiger partial charge in [0.1, 0.15) is 12.1 Å². The van der Waals surface area contributed by atoms with Crippen LogP contribution in [0, 0.1) is 12.3 Å². The van der Waals surface area contributed by atoms with Crippen LogP contribution in [-0.4, -0.2) is 57.3 Å². The predicted molar refractivity (Wildman–Crippen MR) is 146 cm³/mol. The normalized spacial score (nSPS) is 16.2. The number of benzene rings is 1. The Morgan fingerprint density at radius 2 is 1.82 bits per heavy atom. The van der Waals surface area contributed by atoms with E-state index in [2.05, 4.69) is 15.6 Å². The molecular weight excluding hydrogens is 504 g/mol. The Labute approximate surface area is 228 Å². The third-order valence-electron chi connectivity index (χ3n) is 6.73. The van der Waals surface area contributed by atoms with Gasteiger partial charge < -0.3 is 20.6 Å². The highest BCUT2D eigenvalue weighted by Crippen LogP contribution is 2.28. The number of carboxylic acids is 1. The Morgan fingerprint density at radius 1 is 1.13 bits per heavy atom. The number of carbonyl (C=O) groups is 4. The third kappa shape index (κ3) is 7.86. The fraction of sp³-hybridized carbons (Fsp3) is 0.536. The van der Waals surface area contributed by atoms with Crippen molar-refractivity contribution in [1.29, 1.82) is 0 Å². The number of carboxylic acid groups (broad SMARTS) is 1. The van der Waals surface area contributed by atoms with Crippen LogP contribution in [-0.2, 0) is 25.7 Å². The monoisotopic (exact) mass is 542 g/mol. The van der Waals surface area contributed by atoms with Gasteiger partial charge in [-0.2, -0.15) is 0 Å². The first kappa shape index (κ1) is 29.3. The van der Waals surface area contributed by atoms with E-state index in [1.54, 1.807) is 16.2 Å². The van der Waals surface area contributed by atoms with E-state index in [1.165, 1.54) is 0 Å². The number of aromatic nitrogens is 1. The van der Waals surface area contributed by atoms with Crippen molar-refractivity contribution in [3.63, 3.8) is 0 Å². The molecule has 10 heteroatoms. The summed E-state index contributed by atoms with van der Waals surface area (Å²) in [6.45, 7) is 8.43. The van der Waals surface area contributed by atoms with E-state index in [0.717, 1.165) is 21.7 Å². The number of hydrogen-bond donors (Lipinski definition) is 3. The second kappa shape index (κ2) is 13.0. The Kier molecular flexibility index (Phi) is 10.0. The van der Waals surface area contributed by atoms with Crippen molar-refractivity contribution in [2.75, 3.05) is 6.54 Å². The summed E-state index contributed by atoms with van der Waals surface area (Å²) in [6.07, 6.45) is 2.28. The lowest BCUT2D eigenvalue weighted by Gasteiger charge is -2.35. The molecule has 2 atom stereocenters. The number of nitrogens with one attached hydrogen (secondary N) is 2. The molecule has 1 aromatic heterocycles. The Morgan fingerprint density at radius 3 is 2.42 bits per heavy atom. The zero-order chi connectivity index (χ0) is 27.9. The van der Waals surface area contributed by atoms with Crippen molar-refractivity contribution >= 4 is 35.0 Å². The number of carbonyl (C=O) groups excluding carboxylic acids is 3. The van der Waals surface area contributed by atoms with Gasteiger partial charge in [0, 0.05) is 25.9 Å². The molecule has 1 aliphatic rings. The van der Waals surface area contributed by atoms with Gasteiger partial charge in [0.2, 0.25) is 17.7 Å². The molecule has 3 N–H and O–H groups in total. The fourth-order valence-electron chi connectivity index (χ4n) is 4.57. The SMILES string of the molecule is Cc1ncsc1-c1ccc(CNC(=O)[C@@H]2CCCN2C(=O)[C@@H](NC(=O)CCCCC(=O)O)C(C)(C)C)cc1. The second-order valence-electron chi connectivity index (χ2n) is 10.8. The summed E-state index contributed by atoms with van der Waals surface area (Å²) in [6, 6.07) is 6.63. The van der Waals surface area contributed by atoms with Gasteiger partial charge in [-0.1, -0.05) is 45.0 Å². The Hall–Kier alpha value is -3.27. The molecule has 0 spiro atoms. The zero-order valence-electron chi connectivity index (χ0n) is 22.6. The number of aryl methyl sites for hydroxylation is 1. The van der Waals surface area contributed by atoms with Crippen LogP contribution in [0.15, 0.2) is 29.8 Å². The molecule has 0 unspecified atom stereocenters. The maximum absolute atomic E-state index is 13.6. The summed E-state index contributed by atoms with van der Waals surface area (Å²) in [5.74, 6) is -1.65. The molecule has 38 heavy (non-hydrogen) atoms. The van der Waals surface area contributed by atoms with E-state index in [9.17, 15) is 19.2 Å². The molecule has 2 aromatic rings. The zero-order valence-corrected chi connectivity index (χ0v) is 23.4. The molecule has 1 saturated heterocycles. The lowest BCUT2D eigenvalue weighted by Crippen LogP contribution is -2.57. The Balaban J connectivity index is 1.58. The van der Waals surface area contributed by atoms with Crippen molar-refractivity contribution in [2.24, 2.45) is 5.41 Å². The molecule has 3 amide bonds. The number of aliphatic carboxylic acids is 1. The molecule has 1 aromatic carbocycles. The molecule has 3 rings (SSSR count). The molecule has 9 nitrogen and oxygen atoms in total. The van der Waals surface area contributed by atoms with Crippen LogP contribution in [0.1, 0.15) is 70.6 Å². The molecule has 1 fully saturated rings. The number of nitrogens with zero attached hydrogens (tertiary/aromatic N) is 2. The number of thiazole rings is 1. The summed E-state index contributed by atoms with van der Waals surface area (Å²) >= 11 is 1.59. The average Bonchev–Trinajstić information content (AvgIpc) is 3.52. The summed E-state index contributed by atoms with van der Waals surface area (Å²) in [5, 5.41) is 14.6.